The SMILES string of the molecule is Cc1ccc(S(=O)(=O)n2cc(C(C)C)c3c(Oc4c(F)cc(N)cc4F)ccnc32)cc1.Cl. The number of nitrogens with two attached hydrogens (primary N) is 1. The lowest BCUT2D eigenvalue weighted by atomic mass is 10.0. The molecule has 174 valence electrons. The molecule has 0 aliphatic carbocycles. The maximum absolute atomic E-state index is 14.3. The van der Waals surface area contributed by atoms with E-state index in [-0.39, 0.29) is 40.3 Å². The van der Waals surface area contributed by atoms with Crippen LogP contribution in [-0.4, -0.2) is 17.4 Å². The molecule has 2 N–H and O–H groups in total. The number of rotatable bonds is 5. The molecule has 2 heterocycles. The molecule has 0 fully saturated rings. The van der Waals surface area contributed by atoms with Crippen LogP contribution in [0.2, 0.25) is 0 Å². The molecule has 4 aromatic rings. The summed E-state index contributed by atoms with van der Waals surface area (Å²) in [6, 6.07) is 9.79. The van der Waals surface area contributed by atoms with Crippen molar-refractivity contribution >= 4 is 39.2 Å². The van der Waals surface area contributed by atoms with E-state index in [1.54, 1.807) is 12.1 Å². The van der Waals surface area contributed by atoms with Crippen molar-refractivity contribution in [2.24, 2.45) is 0 Å². The van der Waals surface area contributed by atoms with Crippen molar-refractivity contribution in [2.45, 2.75) is 31.6 Å². The Morgan fingerprint density at radius 3 is 2.24 bits per heavy atom. The van der Waals surface area contributed by atoms with Gasteiger partial charge in [0.15, 0.2) is 23.0 Å². The Balaban J connectivity index is 0.00000306. The lowest BCUT2D eigenvalue weighted by Gasteiger charge is -2.12. The first-order chi connectivity index (χ1) is 15.1. The van der Waals surface area contributed by atoms with Gasteiger partial charge in [-0.15, -0.1) is 12.4 Å². The summed E-state index contributed by atoms with van der Waals surface area (Å²) >= 11 is 0. The fraction of sp³-hybridized carbons (Fsp3) is 0.174. The molecule has 6 nitrogen and oxygen atoms in total. The van der Waals surface area contributed by atoms with Crippen molar-refractivity contribution in [3.8, 4) is 11.5 Å². The predicted octanol–water partition coefficient (Wildman–Crippen LogP) is 5.78. The van der Waals surface area contributed by atoms with Gasteiger partial charge in [-0.25, -0.2) is 26.2 Å². The molecule has 0 saturated carbocycles. The molecule has 0 bridgehead atoms. The van der Waals surface area contributed by atoms with Crippen LogP contribution in [0.25, 0.3) is 11.0 Å². The van der Waals surface area contributed by atoms with Crippen LogP contribution < -0.4 is 10.5 Å². The van der Waals surface area contributed by atoms with Crippen LogP contribution in [0.1, 0.15) is 30.9 Å². The lowest BCUT2D eigenvalue weighted by Crippen LogP contribution is -2.12. The Morgan fingerprint density at radius 2 is 1.67 bits per heavy atom. The number of hydrogen-bond acceptors (Lipinski definition) is 5. The third-order valence-corrected chi connectivity index (χ3v) is 6.74. The van der Waals surface area contributed by atoms with Crippen molar-refractivity contribution in [3.63, 3.8) is 0 Å². The van der Waals surface area contributed by atoms with Crippen LogP contribution in [0.5, 0.6) is 11.5 Å². The van der Waals surface area contributed by atoms with Crippen LogP contribution in [0.3, 0.4) is 0 Å². The molecule has 33 heavy (non-hydrogen) atoms. The van der Waals surface area contributed by atoms with E-state index in [9.17, 15) is 17.2 Å². The van der Waals surface area contributed by atoms with Gasteiger partial charge in [-0.1, -0.05) is 31.5 Å². The second-order valence-electron chi connectivity index (χ2n) is 7.78. The van der Waals surface area contributed by atoms with Crippen molar-refractivity contribution < 1.29 is 21.9 Å². The summed E-state index contributed by atoms with van der Waals surface area (Å²) in [7, 11) is -3.97. The number of nitrogen functional groups attached to an aromatic ring is 1. The molecule has 2 aromatic heterocycles. The number of nitrogens with zero attached hydrogens (tertiary/aromatic N) is 2. The zero-order valence-electron chi connectivity index (χ0n) is 18.0. The van der Waals surface area contributed by atoms with Gasteiger partial charge in [-0.2, -0.15) is 0 Å². The topological polar surface area (TPSA) is 87.2 Å². The third kappa shape index (κ3) is 4.38. The predicted molar refractivity (Wildman–Crippen MR) is 126 cm³/mol. The number of benzene rings is 2. The molecular formula is C23H22ClF2N3O3S. The van der Waals surface area contributed by atoms with E-state index in [1.807, 2.05) is 20.8 Å². The van der Waals surface area contributed by atoms with Crippen LogP contribution in [0.4, 0.5) is 14.5 Å². The summed E-state index contributed by atoms with van der Waals surface area (Å²) < 4.78 is 62.1. The van der Waals surface area contributed by atoms with Crippen LogP contribution in [0.15, 0.2) is 59.8 Å². The zero-order valence-corrected chi connectivity index (χ0v) is 19.7. The smallest absolute Gasteiger partial charge is 0.269 e. The zero-order chi connectivity index (χ0) is 23.2. The first-order valence-electron chi connectivity index (χ1n) is 9.84. The summed E-state index contributed by atoms with van der Waals surface area (Å²) in [5.41, 5.74) is 7.03. The molecule has 0 radical (unpaired) electrons. The van der Waals surface area contributed by atoms with Crippen LogP contribution in [-0.2, 0) is 10.0 Å². The molecular weight excluding hydrogens is 472 g/mol. The van der Waals surface area contributed by atoms with E-state index < -0.39 is 27.4 Å². The number of ether oxygens (including phenoxy) is 1. The number of aryl methyl sites for hydroxylation is 1. The number of fused-ring (bicyclic) bond motifs is 1. The Morgan fingerprint density at radius 1 is 1.06 bits per heavy atom. The number of pyridine rings is 1. The second-order valence-corrected chi connectivity index (χ2v) is 9.59. The highest BCUT2D eigenvalue weighted by atomic mass is 35.5. The Hall–Kier alpha value is -3.17. The summed E-state index contributed by atoms with van der Waals surface area (Å²) in [4.78, 5) is 4.35. The fourth-order valence-electron chi connectivity index (χ4n) is 3.44. The second kappa shape index (κ2) is 8.99. The van der Waals surface area contributed by atoms with Gasteiger partial charge in [0, 0.05) is 30.2 Å². The average Bonchev–Trinajstić information content (AvgIpc) is 3.12. The molecule has 0 atom stereocenters. The highest BCUT2D eigenvalue weighted by Gasteiger charge is 2.26. The van der Waals surface area contributed by atoms with Gasteiger partial charge in [0.2, 0.25) is 0 Å². The van der Waals surface area contributed by atoms with Gasteiger partial charge < -0.3 is 10.5 Å². The van der Waals surface area contributed by atoms with E-state index in [0.29, 0.717) is 10.9 Å². The quantitative estimate of drug-likeness (QED) is 0.356. The maximum Gasteiger partial charge on any atom is 0.269 e. The minimum absolute atomic E-state index is 0. The first kappa shape index (κ1) is 24.5. The molecule has 10 heteroatoms. The van der Waals surface area contributed by atoms with Crippen molar-refractivity contribution in [1.29, 1.82) is 0 Å². The summed E-state index contributed by atoms with van der Waals surface area (Å²) in [5.74, 6) is -2.61. The molecule has 4 rings (SSSR count). The summed E-state index contributed by atoms with van der Waals surface area (Å²) in [6.07, 6.45) is 2.80. The minimum Gasteiger partial charge on any atom is -0.450 e. The maximum atomic E-state index is 14.3. The highest BCUT2D eigenvalue weighted by molar-refractivity contribution is 7.90. The Labute approximate surface area is 196 Å². The molecule has 2 aromatic carbocycles. The van der Waals surface area contributed by atoms with E-state index >= 15 is 0 Å². The van der Waals surface area contributed by atoms with Crippen LogP contribution in [0, 0.1) is 18.6 Å². The monoisotopic (exact) mass is 493 g/mol. The number of anilines is 1. The molecule has 0 unspecified atom stereocenters. The molecule has 0 amide bonds. The van der Waals surface area contributed by atoms with Gasteiger partial charge in [0.25, 0.3) is 10.0 Å². The van der Waals surface area contributed by atoms with E-state index in [0.717, 1.165) is 21.7 Å². The van der Waals surface area contributed by atoms with Gasteiger partial charge >= 0.3 is 0 Å². The lowest BCUT2D eigenvalue weighted by molar-refractivity contribution is 0.411. The molecule has 0 spiro atoms. The number of halogens is 3. The van der Waals surface area contributed by atoms with Crippen LogP contribution >= 0.6 is 12.4 Å². The standard InChI is InChI=1S/C23H21F2N3O3S.ClH/c1-13(2)17-12-28(32(29,30)16-6-4-14(3)5-7-16)23-21(17)20(8-9-27-23)31-22-18(24)10-15(26)11-19(22)25;/h4-13H,26H2,1-3H3;1H. The first-order valence-corrected chi connectivity index (χ1v) is 11.3. The molecule has 0 aliphatic rings. The minimum atomic E-state index is -3.97. The average molecular weight is 494 g/mol. The van der Waals surface area contributed by atoms with Crippen molar-refractivity contribution in [1.82, 2.24) is 8.96 Å². The molecule has 0 saturated heterocycles. The third-order valence-electron chi connectivity index (χ3n) is 5.08. The van der Waals surface area contributed by atoms with E-state index in [1.165, 1.54) is 30.6 Å². The Bertz CT molecular complexity index is 1410. The van der Waals surface area contributed by atoms with Gasteiger partial charge in [-0.3, -0.25) is 0 Å². The van der Waals surface area contributed by atoms with Gasteiger partial charge in [0.1, 0.15) is 5.75 Å². The molecule has 0 aliphatic heterocycles. The number of hydrogen-bond donors (Lipinski definition) is 1. The Kier molecular flexibility index (Phi) is 6.67. The summed E-state index contributed by atoms with van der Waals surface area (Å²) in [6.45, 7) is 5.61. The van der Waals surface area contributed by atoms with Gasteiger partial charge in [-0.05, 0) is 36.6 Å². The highest BCUT2D eigenvalue weighted by Crippen LogP contribution is 2.39. The summed E-state index contributed by atoms with van der Waals surface area (Å²) in [5, 5.41) is 0.355. The largest absolute Gasteiger partial charge is 0.450 e. The van der Waals surface area contributed by atoms with Crippen molar-refractivity contribution in [3.05, 3.63) is 77.6 Å². The fourth-order valence-corrected chi connectivity index (χ4v) is 4.77. The van der Waals surface area contributed by atoms with E-state index in [2.05, 4.69) is 4.98 Å². The normalized spacial score (nSPS) is 11.6. The van der Waals surface area contributed by atoms with Gasteiger partial charge in [0.05, 0.1) is 10.3 Å². The van der Waals surface area contributed by atoms with E-state index in [4.69, 9.17) is 10.5 Å². The number of aromatic nitrogens is 2. The van der Waals surface area contributed by atoms with Crippen molar-refractivity contribution in [2.75, 3.05) is 5.73 Å².